The maximum atomic E-state index is 12.6. The van der Waals surface area contributed by atoms with Crippen molar-refractivity contribution in [3.63, 3.8) is 0 Å². The van der Waals surface area contributed by atoms with E-state index in [0.717, 1.165) is 5.56 Å². The van der Waals surface area contributed by atoms with Crippen LogP contribution in [-0.4, -0.2) is 41.0 Å². The largest absolute Gasteiger partial charge is 0.432 e. The second kappa shape index (κ2) is 8.27. The topological polar surface area (TPSA) is 120 Å². The fourth-order valence-electron chi connectivity index (χ4n) is 3.83. The van der Waals surface area contributed by atoms with Crippen LogP contribution in [-0.2, 0) is 0 Å². The molecule has 2 fully saturated rings. The zero-order chi connectivity index (χ0) is 20.2. The number of carbonyl (C=O) groups is 1. The first-order chi connectivity index (χ1) is 14.2. The van der Waals surface area contributed by atoms with Crippen molar-refractivity contribution in [3.8, 4) is 17.5 Å². The van der Waals surface area contributed by atoms with Crippen LogP contribution in [0.3, 0.4) is 0 Å². The maximum absolute atomic E-state index is 12.6. The molecule has 1 amide bonds. The Labute approximate surface area is 169 Å². The van der Waals surface area contributed by atoms with Gasteiger partial charge in [-0.05, 0) is 30.7 Å². The molecule has 2 heterocycles. The molecule has 0 bridgehead atoms. The van der Waals surface area contributed by atoms with Gasteiger partial charge in [-0.1, -0.05) is 24.3 Å². The van der Waals surface area contributed by atoms with E-state index in [1.165, 1.54) is 24.6 Å². The minimum atomic E-state index is -0.362. The van der Waals surface area contributed by atoms with Gasteiger partial charge in [-0.2, -0.15) is 5.26 Å². The van der Waals surface area contributed by atoms with Crippen molar-refractivity contribution in [2.24, 2.45) is 5.73 Å². The van der Waals surface area contributed by atoms with Crippen molar-refractivity contribution in [1.82, 2.24) is 20.5 Å². The lowest BCUT2D eigenvalue weighted by molar-refractivity contribution is 0.0904. The molecule has 0 radical (unpaired) electrons. The minimum Gasteiger partial charge on any atom is -0.432 e. The summed E-state index contributed by atoms with van der Waals surface area (Å²) in [5, 5.41) is 15.3. The number of nitrogens with zero attached hydrogens (tertiary/aromatic N) is 3. The van der Waals surface area contributed by atoms with E-state index in [-0.39, 0.29) is 23.9 Å². The van der Waals surface area contributed by atoms with Gasteiger partial charge in [-0.25, -0.2) is 4.98 Å². The number of hydrogen-bond donors (Lipinski definition) is 3. The lowest BCUT2D eigenvalue weighted by Crippen LogP contribution is -2.36. The van der Waals surface area contributed by atoms with E-state index < -0.39 is 0 Å². The number of hydrogen-bond acceptors (Lipinski definition) is 7. The SMILES string of the molecule is N#CN1C[C@H](NC(=O)c2ncc(-c3ccccc3C3CC3)o2)C[C@H]1CN/C=C\N. The molecule has 0 spiro atoms. The zero-order valence-electron chi connectivity index (χ0n) is 16.0. The highest BCUT2D eigenvalue weighted by molar-refractivity contribution is 5.90. The summed E-state index contributed by atoms with van der Waals surface area (Å²) in [5.74, 6) is 0.863. The monoisotopic (exact) mass is 392 g/mol. The quantitative estimate of drug-likeness (QED) is 0.615. The highest BCUT2D eigenvalue weighted by Gasteiger charge is 2.33. The molecule has 0 unspecified atom stereocenters. The molecule has 1 saturated heterocycles. The summed E-state index contributed by atoms with van der Waals surface area (Å²) < 4.78 is 5.78. The predicted molar refractivity (Wildman–Crippen MR) is 107 cm³/mol. The molecule has 1 aromatic heterocycles. The molecule has 8 heteroatoms. The van der Waals surface area contributed by atoms with Gasteiger partial charge in [-0.15, -0.1) is 0 Å². The van der Waals surface area contributed by atoms with Crippen LogP contribution in [0, 0.1) is 11.5 Å². The number of nitriles is 1. The second-order valence-electron chi connectivity index (χ2n) is 7.47. The molecule has 1 aliphatic carbocycles. The van der Waals surface area contributed by atoms with Crippen molar-refractivity contribution in [1.29, 1.82) is 5.26 Å². The highest BCUT2D eigenvalue weighted by atomic mass is 16.4. The van der Waals surface area contributed by atoms with E-state index in [2.05, 4.69) is 27.9 Å². The summed E-state index contributed by atoms with van der Waals surface area (Å²) in [6.45, 7) is 1.04. The van der Waals surface area contributed by atoms with Crippen LogP contribution in [0.15, 0.2) is 47.3 Å². The van der Waals surface area contributed by atoms with Crippen molar-refractivity contribution in [2.45, 2.75) is 37.3 Å². The molecule has 29 heavy (non-hydrogen) atoms. The third-order valence-corrected chi connectivity index (χ3v) is 5.39. The number of aromatic nitrogens is 1. The summed E-state index contributed by atoms with van der Waals surface area (Å²) in [4.78, 5) is 18.5. The standard InChI is InChI=1S/C21H24N6O2/c22-7-8-24-10-16-9-15(12-27(16)13-23)26-20(28)21-25-11-19(29-21)18-4-2-1-3-17(18)14-5-6-14/h1-4,7-8,11,14-16,24H,5-6,9-10,12,22H2,(H,26,28)/b8-7-/t15-,16+/m1/s1. The Morgan fingerprint density at radius 3 is 3.00 bits per heavy atom. The van der Waals surface area contributed by atoms with Gasteiger partial charge < -0.3 is 25.7 Å². The molecule has 2 aromatic rings. The Morgan fingerprint density at radius 2 is 2.24 bits per heavy atom. The van der Waals surface area contributed by atoms with Crippen LogP contribution >= 0.6 is 0 Å². The molecule has 150 valence electrons. The second-order valence-corrected chi connectivity index (χ2v) is 7.47. The van der Waals surface area contributed by atoms with Gasteiger partial charge in [0.05, 0.1) is 12.2 Å². The van der Waals surface area contributed by atoms with Gasteiger partial charge in [0.15, 0.2) is 12.0 Å². The Hall–Kier alpha value is -3.47. The third-order valence-electron chi connectivity index (χ3n) is 5.39. The van der Waals surface area contributed by atoms with E-state index >= 15 is 0 Å². The number of rotatable bonds is 7. The van der Waals surface area contributed by atoms with Crippen molar-refractivity contribution >= 4 is 5.91 Å². The lowest BCUT2D eigenvalue weighted by Gasteiger charge is -2.17. The smallest absolute Gasteiger partial charge is 0.307 e. The van der Waals surface area contributed by atoms with Crippen LogP contribution < -0.4 is 16.4 Å². The summed E-state index contributed by atoms with van der Waals surface area (Å²) in [6.07, 6.45) is 9.86. The average Bonchev–Trinajstić information content (AvgIpc) is 3.33. The van der Waals surface area contributed by atoms with E-state index in [0.29, 0.717) is 31.2 Å². The van der Waals surface area contributed by atoms with Gasteiger partial charge in [0, 0.05) is 37.1 Å². The molecule has 1 saturated carbocycles. The van der Waals surface area contributed by atoms with Crippen LogP contribution in [0.25, 0.3) is 11.3 Å². The Balaban J connectivity index is 1.41. The van der Waals surface area contributed by atoms with Crippen molar-refractivity contribution in [3.05, 3.63) is 54.3 Å². The molecular formula is C21H24N6O2. The number of amides is 1. The van der Waals surface area contributed by atoms with Crippen LogP contribution in [0.1, 0.15) is 41.4 Å². The summed E-state index contributed by atoms with van der Waals surface area (Å²) in [6, 6.07) is 7.95. The molecule has 4 N–H and O–H groups in total. The predicted octanol–water partition coefficient (Wildman–Crippen LogP) is 1.89. The Bertz CT molecular complexity index is 943. The van der Waals surface area contributed by atoms with Crippen molar-refractivity contribution < 1.29 is 9.21 Å². The van der Waals surface area contributed by atoms with Crippen LogP contribution in [0.2, 0.25) is 0 Å². The summed E-state index contributed by atoms with van der Waals surface area (Å²) in [7, 11) is 0. The molecule has 2 aliphatic rings. The third kappa shape index (κ3) is 4.19. The highest BCUT2D eigenvalue weighted by Crippen LogP contribution is 2.44. The fourth-order valence-corrected chi connectivity index (χ4v) is 3.83. The minimum absolute atomic E-state index is 0.00737. The summed E-state index contributed by atoms with van der Waals surface area (Å²) >= 11 is 0. The normalized spacial score (nSPS) is 21.3. The van der Waals surface area contributed by atoms with E-state index in [4.69, 9.17) is 10.2 Å². The van der Waals surface area contributed by atoms with Crippen LogP contribution in [0.5, 0.6) is 0 Å². The van der Waals surface area contributed by atoms with Crippen LogP contribution in [0.4, 0.5) is 0 Å². The van der Waals surface area contributed by atoms with Gasteiger partial charge in [0.1, 0.15) is 0 Å². The Kier molecular flexibility index (Phi) is 5.38. The lowest BCUT2D eigenvalue weighted by atomic mass is 10.0. The molecule has 4 rings (SSSR count). The van der Waals surface area contributed by atoms with E-state index in [1.54, 1.807) is 17.3 Å². The van der Waals surface area contributed by atoms with E-state index in [9.17, 15) is 10.1 Å². The van der Waals surface area contributed by atoms with Gasteiger partial charge in [0.2, 0.25) is 0 Å². The molecular weight excluding hydrogens is 368 g/mol. The number of benzene rings is 1. The molecule has 8 nitrogen and oxygen atoms in total. The number of likely N-dealkylation sites (tertiary alicyclic amines) is 1. The molecule has 1 aliphatic heterocycles. The van der Waals surface area contributed by atoms with E-state index in [1.807, 2.05) is 18.2 Å². The number of carbonyl (C=O) groups excluding carboxylic acids is 1. The first-order valence-electron chi connectivity index (χ1n) is 9.82. The zero-order valence-corrected chi connectivity index (χ0v) is 16.0. The Morgan fingerprint density at radius 1 is 1.41 bits per heavy atom. The number of nitrogens with two attached hydrogens (primary N) is 1. The molecule has 1 aromatic carbocycles. The first kappa shape index (κ1) is 18.9. The number of oxazole rings is 1. The molecule has 2 atom stereocenters. The maximum Gasteiger partial charge on any atom is 0.307 e. The van der Waals surface area contributed by atoms with Crippen molar-refractivity contribution in [2.75, 3.05) is 13.1 Å². The van der Waals surface area contributed by atoms with Gasteiger partial charge >= 0.3 is 5.91 Å². The summed E-state index contributed by atoms with van der Waals surface area (Å²) in [5.41, 5.74) is 7.56. The average molecular weight is 392 g/mol. The first-order valence-corrected chi connectivity index (χ1v) is 9.82. The van der Waals surface area contributed by atoms with Gasteiger partial charge in [0.25, 0.3) is 5.89 Å². The van der Waals surface area contributed by atoms with Gasteiger partial charge in [-0.3, -0.25) is 4.79 Å². The number of nitrogens with one attached hydrogen (secondary N) is 2. The fraction of sp³-hybridized carbons (Fsp3) is 0.381.